The van der Waals surface area contributed by atoms with Crippen LogP contribution in [0.25, 0.3) is 10.9 Å². The van der Waals surface area contributed by atoms with Crippen molar-refractivity contribution in [3.05, 3.63) is 24.7 Å². The molecule has 1 aromatic heterocycles. The van der Waals surface area contributed by atoms with Gasteiger partial charge in [0.15, 0.2) is 0 Å². The zero-order valence-corrected chi connectivity index (χ0v) is 8.47. The predicted octanol–water partition coefficient (Wildman–Crippen LogP) is 2.12. The molecule has 2 aromatic rings. The lowest BCUT2D eigenvalue weighted by Crippen LogP contribution is -1.96. The Balaban J connectivity index is 2.51. The first kappa shape index (κ1) is 9.71. The summed E-state index contributed by atoms with van der Waals surface area (Å²) in [6.07, 6.45) is 3.99. The Morgan fingerprint density at radius 3 is 3.07 bits per heavy atom. The molecule has 0 aliphatic carbocycles. The highest BCUT2D eigenvalue weighted by Gasteiger charge is 2.06. The molecule has 0 atom stereocenters. The number of rotatable bonds is 3. The number of nitrogens with zero attached hydrogens (tertiary/aromatic N) is 2. The van der Waals surface area contributed by atoms with Crippen molar-refractivity contribution in [2.24, 2.45) is 0 Å². The highest BCUT2D eigenvalue weighted by atomic mass is 16.5. The lowest BCUT2D eigenvalue weighted by atomic mass is 10.2. The summed E-state index contributed by atoms with van der Waals surface area (Å²) in [6.45, 7) is 2.69. The van der Waals surface area contributed by atoms with Crippen molar-refractivity contribution in [3.63, 3.8) is 0 Å². The van der Waals surface area contributed by atoms with Crippen LogP contribution in [0.4, 0.5) is 0 Å². The Bertz CT molecular complexity index is 471. The van der Waals surface area contributed by atoms with Crippen molar-refractivity contribution < 1.29 is 9.84 Å². The van der Waals surface area contributed by atoms with E-state index in [1.807, 2.05) is 6.92 Å². The Morgan fingerprint density at radius 2 is 2.27 bits per heavy atom. The second kappa shape index (κ2) is 4.13. The molecule has 0 radical (unpaired) electrons. The fraction of sp³-hybridized carbons (Fsp3) is 0.273. The number of fused-ring (bicyclic) bond motifs is 1. The smallest absolute Gasteiger partial charge is 0.142 e. The van der Waals surface area contributed by atoms with Gasteiger partial charge in [0.05, 0.1) is 12.0 Å². The molecule has 0 spiro atoms. The second-order valence-electron chi connectivity index (χ2n) is 3.22. The molecule has 0 amide bonds. The molecule has 15 heavy (non-hydrogen) atoms. The van der Waals surface area contributed by atoms with Gasteiger partial charge in [-0.05, 0) is 18.6 Å². The maximum atomic E-state index is 9.58. The predicted molar refractivity (Wildman–Crippen MR) is 57.0 cm³/mol. The zero-order valence-electron chi connectivity index (χ0n) is 8.47. The number of benzene rings is 1. The van der Waals surface area contributed by atoms with Gasteiger partial charge in [-0.1, -0.05) is 6.92 Å². The summed E-state index contributed by atoms with van der Waals surface area (Å²) < 4.78 is 5.53. The van der Waals surface area contributed by atoms with E-state index >= 15 is 0 Å². The van der Waals surface area contributed by atoms with Gasteiger partial charge in [-0.3, -0.25) is 0 Å². The van der Waals surface area contributed by atoms with Gasteiger partial charge < -0.3 is 9.84 Å². The van der Waals surface area contributed by atoms with Crippen LogP contribution in [-0.2, 0) is 0 Å². The average molecular weight is 204 g/mol. The van der Waals surface area contributed by atoms with Crippen molar-refractivity contribution in [1.82, 2.24) is 9.97 Å². The molecule has 0 aliphatic rings. The molecular formula is C11H12N2O2. The average Bonchev–Trinajstić information content (AvgIpc) is 2.29. The lowest BCUT2D eigenvalue weighted by molar-refractivity contribution is 0.320. The Morgan fingerprint density at radius 1 is 1.40 bits per heavy atom. The largest absolute Gasteiger partial charge is 0.506 e. The standard InChI is InChI=1S/C11H12N2O2/c1-2-5-15-10-4-3-9(14)11-8(10)6-12-7-13-11/h3-4,6-7,14H,2,5H2,1H3. The van der Waals surface area contributed by atoms with Gasteiger partial charge in [0.2, 0.25) is 0 Å². The molecule has 0 saturated carbocycles. The van der Waals surface area contributed by atoms with Crippen molar-refractivity contribution in [3.8, 4) is 11.5 Å². The highest BCUT2D eigenvalue weighted by molar-refractivity contribution is 5.88. The third-order valence-electron chi connectivity index (χ3n) is 2.07. The third kappa shape index (κ3) is 1.83. The van der Waals surface area contributed by atoms with Gasteiger partial charge in [-0.25, -0.2) is 9.97 Å². The monoisotopic (exact) mass is 204 g/mol. The van der Waals surface area contributed by atoms with E-state index in [4.69, 9.17) is 4.74 Å². The third-order valence-corrected chi connectivity index (χ3v) is 2.07. The molecule has 0 aliphatic heterocycles. The second-order valence-corrected chi connectivity index (χ2v) is 3.22. The Kier molecular flexibility index (Phi) is 2.67. The van der Waals surface area contributed by atoms with Crippen LogP contribution in [0.3, 0.4) is 0 Å². The number of aromatic hydroxyl groups is 1. The number of hydrogen-bond donors (Lipinski definition) is 1. The number of hydrogen-bond acceptors (Lipinski definition) is 4. The van der Waals surface area contributed by atoms with Crippen LogP contribution in [0, 0.1) is 0 Å². The quantitative estimate of drug-likeness (QED) is 0.832. The summed E-state index contributed by atoms with van der Waals surface area (Å²) in [5, 5.41) is 10.3. The van der Waals surface area contributed by atoms with E-state index in [0.29, 0.717) is 17.9 Å². The molecule has 4 heteroatoms. The summed E-state index contributed by atoms with van der Waals surface area (Å²) in [5.41, 5.74) is 0.526. The van der Waals surface area contributed by atoms with E-state index in [-0.39, 0.29) is 5.75 Å². The Hall–Kier alpha value is -1.84. The van der Waals surface area contributed by atoms with Gasteiger partial charge in [-0.15, -0.1) is 0 Å². The molecule has 1 aromatic carbocycles. The minimum Gasteiger partial charge on any atom is -0.506 e. The number of ether oxygens (including phenoxy) is 1. The molecule has 0 fully saturated rings. The van der Waals surface area contributed by atoms with Gasteiger partial charge in [0, 0.05) is 6.20 Å². The van der Waals surface area contributed by atoms with Crippen LogP contribution in [0.2, 0.25) is 0 Å². The van der Waals surface area contributed by atoms with Crippen LogP contribution in [0.1, 0.15) is 13.3 Å². The summed E-state index contributed by atoms with van der Waals surface area (Å²) in [4.78, 5) is 7.93. The number of phenolic OH excluding ortho intramolecular Hbond substituents is 1. The van der Waals surface area contributed by atoms with Crippen LogP contribution in [0.15, 0.2) is 24.7 Å². The molecule has 0 bridgehead atoms. The number of aromatic nitrogens is 2. The van der Waals surface area contributed by atoms with Crippen molar-refractivity contribution in [1.29, 1.82) is 0 Å². The molecule has 2 rings (SSSR count). The molecule has 1 N–H and O–H groups in total. The first-order valence-corrected chi connectivity index (χ1v) is 4.87. The van der Waals surface area contributed by atoms with E-state index in [0.717, 1.165) is 11.8 Å². The highest BCUT2D eigenvalue weighted by Crippen LogP contribution is 2.29. The van der Waals surface area contributed by atoms with E-state index in [9.17, 15) is 5.11 Å². The minimum absolute atomic E-state index is 0.149. The summed E-state index contributed by atoms with van der Waals surface area (Å²) in [7, 11) is 0. The number of phenols is 1. The maximum absolute atomic E-state index is 9.58. The molecule has 0 unspecified atom stereocenters. The van der Waals surface area contributed by atoms with Crippen molar-refractivity contribution in [2.75, 3.05) is 6.61 Å². The fourth-order valence-corrected chi connectivity index (χ4v) is 1.38. The summed E-state index contributed by atoms with van der Waals surface area (Å²) in [5.74, 6) is 0.862. The van der Waals surface area contributed by atoms with Gasteiger partial charge in [0.25, 0.3) is 0 Å². The fourth-order valence-electron chi connectivity index (χ4n) is 1.38. The summed E-state index contributed by atoms with van der Waals surface area (Å²) >= 11 is 0. The van der Waals surface area contributed by atoms with E-state index < -0.39 is 0 Å². The van der Waals surface area contributed by atoms with E-state index in [1.54, 1.807) is 18.3 Å². The first-order valence-electron chi connectivity index (χ1n) is 4.87. The van der Waals surface area contributed by atoms with Crippen LogP contribution < -0.4 is 4.74 Å². The topological polar surface area (TPSA) is 55.2 Å². The van der Waals surface area contributed by atoms with Gasteiger partial charge in [-0.2, -0.15) is 0 Å². The zero-order chi connectivity index (χ0) is 10.7. The molecular weight excluding hydrogens is 192 g/mol. The van der Waals surface area contributed by atoms with Crippen LogP contribution in [-0.4, -0.2) is 21.7 Å². The molecule has 1 heterocycles. The summed E-state index contributed by atoms with van der Waals surface area (Å²) in [6, 6.07) is 3.32. The van der Waals surface area contributed by atoms with E-state index in [2.05, 4.69) is 9.97 Å². The minimum atomic E-state index is 0.149. The first-order chi connectivity index (χ1) is 7.33. The normalized spacial score (nSPS) is 10.5. The lowest BCUT2D eigenvalue weighted by Gasteiger charge is -2.07. The van der Waals surface area contributed by atoms with Crippen molar-refractivity contribution in [2.45, 2.75) is 13.3 Å². The van der Waals surface area contributed by atoms with E-state index in [1.165, 1.54) is 6.33 Å². The SMILES string of the molecule is CCCOc1ccc(O)c2ncncc12. The van der Waals surface area contributed by atoms with Crippen LogP contribution >= 0.6 is 0 Å². The van der Waals surface area contributed by atoms with Crippen molar-refractivity contribution >= 4 is 10.9 Å². The Labute approximate surface area is 87.6 Å². The van der Waals surface area contributed by atoms with Gasteiger partial charge >= 0.3 is 0 Å². The van der Waals surface area contributed by atoms with Crippen LogP contribution in [0.5, 0.6) is 11.5 Å². The molecule has 4 nitrogen and oxygen atoms in total. The van der Waals surface area contributed by atoms with Gasteiger partial charge in [0.1, 0.15) is 23.3 Å². The molecule has 78 valence electrons. The maximum Gasteiger partial charge on any atom is 0.142 e. The molecule has 0 saturated heterocycles.